The lowest BCUT2D eigenvalue weighted by molar-refractivity contribution is -0.127. The van der Waals surface area contributed by atoms with Gasteiger partial charge in [-0.05, 0) is 19.8 Å². The molecule has 1 N–H and O–H groups in total. The standard InChI is InChI=1S/C11H20N2O2/c1-9(2)7-15-6-5-13-10(14)11(3,4)8-12/h9H,5-7H2,1-4H3,(H,13,14). The number of carbonyl (C=O) groups excluding carboxylic acids is 1. The zero-order valence-corrected chi connectivity index (χ0v) is 9.96. The van der Waals surface area contributed by atoms with Gasteiger partial charge >= 0.3 is 0 Å². The van der Waals surface area contributed by atoms with Gasteiger partial charge in [0.1, 0.15) is 5.41 Å². The minimum absolute atomic E-state index is 0.252. The molecule has 4 nitrogen and oxygen atoms in total. The molecule has 0 atom stereocenters. The highest BCUT2D eigenvalue weighted by molar-refractivity contribution is 5.84. The van der Waals surface area contributed by atoms with Crippen molar-refractivity contribution >= 4 is 5.91 Å². The molecule has 0 saturated carbocycles. The number of hydrogen-bond acceptors (Lipinski definition) is 3. The molecule has 1 amide bonds. The number of carbonyl (C=O) groups is 1. The van der Waals surface area contributed by atoms with Crippen LogP contribution in [0.1, 0.15) is 27.7 Å². The van der Waals surface area contributed by atoms with Crippen LogP contribution in [0.5, 0.6) is 0 Å². The molecular formula is C11H20N2O2. The summed E-state index contributed by atoms with van der Waals surface area (Å²) in [4.78, 5) is 11.4. The Labute approximate surface area is 91.6 Å². The third-order valence-corrected chi connectivity index (χ3v) is 1.83. The van der Waals surface area contributed by atoms with Crippen LogP contribution in [-0.2, 0) is 9.53 Å². The van der Waals surface area contributed by atoms with Gasteiger partial charge < -0.3 is 10.1 Å². The monoisotopic (exact) mass is 212 g/mol. The Kier molecular flexibility index (Phi) is 5.95. The maximum absolute atomic E-state index is 11.4. The predicted molar refractivity (Wildman–Crippen MR) is 58.1 cm³/mol. The summed E-state index contributed by atoms with van der Waals surface area (Å²) in [5.41, 5.74) is -0.960. The second kappa shape index (κ2) is 6.41. The van der Waals surface area contributed by atoms with Crippen molar-refractivity contribution in [3.05, 3.63) is 0 Å². The molecule has 0 radical (unpaired) electrons. The first-order valence-corrected chi connectivity index (χ1v) is 5.17. The second-order valence-corrected chi connectivity index (χ2v) is 4.46. The maximum atomic E-state index is 11.4. The number of rotatable bonds is 6. The average Bonchev–Trinajstić information content (AvgIpc) is 2.16. The van der Waals surface area contributed by atoms with Crippen molar-refractivity contribution in [2.75, 3.05) is 19.8 Å². The van der Waals surface area contributed by atoms with E-state index in [1.165, 1.54) is 0 Å². The van der Waals surface area contributed by atoms with Gasteiger partial charge in [-0.2, -0.15) is 5.26 Å². The Morgan fingerprint density at radius 2 is 2.13 bits per heavy atom. The van der Waals surface area contributed by atoms with E-state index in [0.29, 0.717) is 25.7 Å². The molecule has 0 fully saturated rings. The number of nitrogens with zero attached hydrogens (tertiary/aromatic N) is 1. The number of nitriles is 1. The molecule has 15 heavy (non-hydrogen) atoms. The number of hydrogen-bond donors (Lipinski definition) is 1. The van der Waals surface area contributed by atoms with Gasteiger partial charge in [0, 0.05) is 13.2 Å². The summed E-state index contributed by atoms with van der Waals surface area (Å²) in [5.74, 6) is 0.245. The second-order valence-electron chi connectivity index (χ2n) is 4.46. The van der Waals surface area contributed by atoms with E-state index in [-0.39, 0.29) is 5.91 Å². The SMILES string of the molecule is CC(C)COCCNC(=O)C(C)(C)C#N. The Bertz CT molecular complexity index is 241. The Balaban J connectivity index is 3.62. The predicted octanol–water partition coefficient (Wildman–Crippen LogP) is 1.32. The molecule has 0 aromatic rings. The highest BCUT2D eigenvalue weighted by Crippen LogP contribution is 2.12. The Hall–Kier alpha value is -1.08. The molecule has 0 aliphatic rings. The summed E-state index contributed by atoms with van der Waals surface area (Å²) in [6.07, 6.45) is 0. The van der Waals surface area contributed by atoms with Crippen molar-refractivity contribution in [3.8, 4) is 6.07 Å². The van der Waals surface area contributed by atoms with Gasteiger partial charge in [0.15, 0.2) is 0 Å². The van der Waals surface area contributed by atoms with E-state index >= 15 is 0 Å². The molecule has 0 aromatic carbocycles. The molecule has 86 valence electrons. The van der Waals surface area contributed by atoms with Gasteiger partial charge in [-0.15, -0.1) is 0 Å². The fraction of sp³-hybridized carbons (Fsp3) is 0.818. The molecule has 0 unspecified atom stereocenters. The number of nitrogens with one attached hydrogen (secondary N) is 1. The lowest BCUT2D eigenvalue weighted by Gasteiger charge is -2.15. The molecule has 0 rings (SSSR count). The van der Waals surface area contributed by atoms with E-state index in [2.05, 4.69) is 19.2 Å². The van der Waals surface area contributed by atoms with Gasteiger partial charge in [0.25, 0.3) is 0 Å². The summed E-state index contributed by atoms with van der Waals surface area (Å²) in [7, 11) is 0. The molecule has 0 heterocycles. The molecule has 0 bridgehead atoms. The third-order valence-electron chi connectivity index (χ3n) is 1.83. The van der Waals surface area contributed by atoms with Gasteiger partial charge in [-0.1, -0.05) is 13.8 Å². The van der Waals surface area contributed by atoms with Crippen LogP contribution in [0, 0.1) is 22.7 Å². The summed E-state index contributed by atoms with van der Waals surface area (Å²) >= 11 is 0. The first-order valence-electron chi connectivity index (χ1n) is 5.17. The van der Waals surface area contributed by atoms with Gasteiger partial charge in [0.2, 0.25) is 5.91 Å². The minimum atomic E-state index is -0.960. The van der Waals surface area contributed by atoms with Crippen molar-refractivity contribution in [2.24, 2.45) is 11.3 Å². The molecule has 4 heteroatoms. The summed E-state index contributed by atoms with van der Waals surface area (Å²) in [5, 5.41) is 11.4. The lowest BCUT2D eigenvalue weighted by Crippen LogP contribution is -2.37. The van der Waals surface area contributed by atoms with Crippen LogP contribution < -0.4 is 5.32 Å². The molecule has 0 aromatic heterocycles. The fourth-order valence-electron chi connectivity index (χ4n) is 0.828. The van der Waals surface area contributed by atoms with Crippen LogP contribution in [-0.4, -0.2) is 25.7 Å². The minimum Gasteiger partial charge on any atom is -0.379 e. The first kappa shape index (κ1) is 13.9. The quantitative estimate of drug-likeness (QED) is 0.675. The van der Waals surface area contributed by atoms with Crippen LogP contribution in [0.25, 0.3) is 0 Å². The number of amides is 1. The van der Waals surface area contributed by atoms with E-state index in [4.69, 9.17) is 10.00 Å². The van der Waals surface area contributed by atoms with E-state index < -0.39 is 5.41 Å². The van der Waals surface area contributed by atoms with E-state index in [0.717, 1.165) is 0 Å². The van der Waals surface area contributed by atoms with Crippen molar-refractivity contribution in [1.29, 1.82) is 5.26 Å². The first-order chi connectivity index (χ1) is 6.90. The van der Waals surface area contributed by atoms with E-state index in [9.17, 15) is 4.79 Å². The molecular weight excluding hydrogens is 192 g/mol. The fourth-order valence-corrected chi connectivity index (χ4v) is 0.828. The van der Waals surface area contributed by atoms with Crippen LogP contribution in [0.3, 0.4) is 0 Å². The molecule has 0 aliphatic carbocycles. The lowest BCUT2D eigenvalue weighted by atomic mass is 9.95. The summed E-state index contributed by atoms with van der Waals surface area (Å²) < 4.78 is 5.29. The van der Waals surface area contributed by atoms with Gasteiger partial charge in [0.05, 0.1) is 12.7 Å². The smallest absolute Gasteiger partial charge is 0.239 e. The summed E-state index contributed by atoms with van der Waals surface area (Å²) in [6.45, 7) is 8.96. The van der Waals surface area contributed by atoms with E-state index in [1.807, 2.05) is 6.07 Å². The summed E-state index contributed by atoms with van der Waals surface area (Å²) in [6, 6.07) is 1.95. The van der Waals surface area contributed by atoms with Crippen molar-refractivity contribution in [3.63, 3.8) is 0 Å². The Morgan fingerprint density at radius 1 is 1.53 bits per heavy atom. The average molecular weight is 212 g/mol. The Morgan fingerprint density at radius 3 is 2.60 bits per heavy atom. The van der Waals surface area contributed by atoms with Crippen LogP contribution in [0.15, 0.2) is 0 Å². The zero-order chi connectivity index (χ0) is 11.9. The van der Waals surface area contributed by atoms with Gasteiger partial charge in [-0.25, -0.2) is 0 Å². The van der Waals surface area contributed by atoms with Gasteiger partial charge in [-0.3, -0.25) is 4.79 Å². The zero-order valence-electron chi connectivity index (χ0n) is 9.96. The van der Waals surface area contributed by atoms with E-state index in [1.54, 1.807) is 13.8 Å². The molecule has 0 spiro atoms. The van der Waals surface area contributed by atoms with Crippen LogP contribution in [0.2, 0.25) is 0 Å². The number of ether oxygens (including phenoxy) is 1. The topological polar surface area (TPSA) is 62.1 Å². The normalized spacial score (nSPS) is 11.2. The van der Waals surface area contributed by atoms with Crippen molar-refractivity contribution < 1.29 is 9.53 Å². The van der Waals surface area contributed by atoms with Crippen molar-refractivity contribution in [2.45, 2.75) is 27.7 Å². The van der Waals surface area contributed by atoms with Crippen molar-refractivity contribution in [1.82, 2.24) is 5.32 Å². The largest absolute Gasteiger partial charge is 0.379 e. The highest BCUT2D eigenvalue weighted by atomic mass is 16.5. The third kappa shape index (κ3) is 6.08. The molecule has 0 saturated heterocycles. The highest BCUT2D eigenvalue weighted by Gasteiger charge is 2.26. The van der Waals surface area contributed by atoms with Crippen LogP contribution >= 0.6 is 0 Å². The maximum Gasteiger partial charge on any atom is 0.239 e. The van der Waals surface area contributed by atoms with Crippen LogP contribution in [0.4, 0.5) is 0 Å². The molecule has 0 aliphatic heterocycles.